The van der Waals surface area contributed by atoms with E-state index >= 15 is 0 Å². The molecule has 0 fully saturated rings. The van der Waals surface area contributed by atoms with Gasteiger partial charge in [-0.2, -0.15) is 15.8 Å². The van der Waals surface area contributed by atoms with Crippen molar-refractivity contribution >= 4 is 158 Å². The smallest absolute Gasteiger partial charge is 0.348 e. The highest BCUT2D eigenvalue weighted by atomic mass is 32.1. The molecule has 0 aliphatic heterocycles. The number of unbranched alkanes of at least 4 members (excludes halogenated alkanes) is 15. The van der Waals surface area contributed by atoms with Gasteiger partial charge >= 0.3 is 17.9 Å². The van der Waals surface area contributed by atoms with E-state index in [-0.39, 0.29) is 16.7 Å². The second-order valence-electron chi connectivity index (χ2n) is 24.0. The van der Waals surface area contributed by atoms with Crippen molar-refractivity contribution in [3.8, 4) is 47.5 Å². The van der Waals surface area contributed by atoms with Crippen LogP contribution >= 0.6 is 68.0 Å². The number of nitrogens with zero attached hydrogens (tertiary/aromatic N) is 4. The van der Waals surface area contributed by atoms with Crippen molar-refractivity contribution in [1.82, 2.24) is 0 Å². The van der Waals surface area contributed by atoms with E-state index in [4.69, 9.17) is 14.2 Å². The number of hydrogen-bond donors (Lipinski definition) is 0. The summed E-state index contributed by atoms with van der Waals surface area (Å²) < 4.78 is 16.3. The van der Waals surface area contributed by atoms with Gasteiger partial charge in [0.15, 0.2) is 0 Å². The van der Waals surface area contributed by atoms with Crippen LogP contribution in [0.2, 0.25) is 0 Å². The lowest BCUT2D eigenvalue weighted by Crippen LogP contribution is -2.09. The molecule has 0 aliphatic carbocycles. The van der Waals surface area contributed by atoms with E-state index in [9.17, 15) is 30.2 Å². The average molecular weight is 1440 g/mol. The van der Waals surface area contributed by atoms with Crippen LogP contribution in [0.15, 0.2) is 162 Å². The van der Waals surface area contributed by atoms with Crippen LogP contribution < -0.4 is 4.90 Å². The number of hydrogen-bond acceptors (Lipinski definition) is 16. The molecule has 0 radical (unpaired) electrons. The predicted molar refractivity (Wildman–Crippen MR) is 425 cm³/mol. The normalized spacial score (nSPS) is 11.9. The molecular weight excluding hydrogens is 1350 g/mol. The minimum atomic E-state index is -0.576. The number of nitriles is 3. The number of esters is 3. The van der Waals surface area contributed by atoms with E-state index in [1.54, 1.807) is 52.2 Å². The van der Waals surface area contributed by atoms with E-state index in [2.05, 4.69) is 171 Å². The molecule has 6 aromatic heterocycles. The van der Waals surface area contributed by atoms with Crippen LogP contribution in [0.5, 0.6) is 0 Å². The lowest BCUT2D eigenvalue weighted by Gasteiger charge is -2.26. The number of rotatable bonds is 39. The second kappa shape index (κ2) is 40.9. The third kappa shape index (κ3) is 23.6. The summed E-state index contributed by atoms with van der Waals surface area (Å²) in [5.41, 5.74) is 6.13. The van der Waals surface area contributed by atoms with Crippen molar-refractivity contribution in [2.24, 2.45) is 0 Å². The maximum Gasteiger partial charge on any atom is 0.348 e. The van der Waals surface area contributed by atoms with Gasteiger partial charge in [-0.15, -0.1) is 68.0 Å². The zero-order valence-electron chi connectivity index (χ0n) is 57.1. The van der Waals surface area contributed by atoms with Gasteiger partial charge in [0.05, 0.1) is 19.8 Å². The number of benzene rings is 3. The Hall–Kier alpha value is -9.02. The molecule has 0 spiro atoms. The fourth-order valence-corrected chi connectivity index (χ4v) is 16.7. The molecule has 0 unspecified atom stereocenters. The summed E-state index contributed by atoms with van der Waals surface area (Å²) in [7, 11) is 0. The Bertz CT molecular complexity index is 3980. The summed E-state index contributed by atoms with van der Waals surface area (Å²) in [6.45, 7) is 7.52. The highest BCUT2D eigenvalue weighted by Crippen LogP contribution is 2.40. The van der Waals surface area contributed by atoms with Crippen LogP contribution in [-0.4, -0.2) is 37.7 Å². The maximum absolute atomic E-state index is 12.7. The molecule has 10 nitrogen and oxygen atoms in total. The summed E-state index contributed by atoms with van der Waals surface area (Å²) in [5, 5.41) is 29.4. The van der Waals surface area contributed by atoms with Crippen LogP contribution in [0.3, 0.4) is 0 Å². The molecule has 0 aliphatic rings. The molecule has 0 N–H and O–H groups in total. The Kier molecular flexibility index (Phi) is 30.8. The van der Waals surface area contributed by atoms with Gasteiger partial charge in [0, 0.05) is 75.6 Å². The number of anilines is 3. The first-order valence-corrected chi connectivity index (χ1v) is 39.5. The minimum Gasteiger partial charge on any atom is -0.462 e. The number of carbonyl (C=O) groups excluding carboxylic acids is 3. The molecule has 16 heteroatoms. The van der Waals surface area contributed by atoms with Crippen LogP contribution in [0, 0.1) is 34.0 Å². The van der Waals surface area contributed by atoms with Crippen molar-refractivity contribution < 1.29 is 28.6 Å². The molecule has 0 amide bonds. The third-order valence-corrected chi connectivity index (χ3v) is 23.2. The summed E-state index contributed by atoms with van der Waals surface area (Å²) in [4.78, 5) is 52.7. The summed E-state index contributed by atoms with van der Waals surface area (Å²) in [6.07, 6.45) is 37.2. The molecule has 0 saturated heterocycles. The maximum atomic E-state index is 12.7. The van der Waals surface area contributed by atoms with Gasteiger partial charge in [-0.25, -0.2) is 14.4 Å². The molecule has 9 rings (SSSR count). The first-order valence-electron chi connectivity index (χ1n) is 34.6. The summed E-state index contributed by atoms with van der Waals surface area (Å²) >= 11 is 9.65. The molecule has 6 heterocycles. The van der Waals surface area contributed by atoms with E-state index < -0.39 is 17.9 Å². The van der Waals surface area contributed by atoms with E-state index in [0.717, 1.165) is 150 Å². The quantitative estimate of drug-likeness (QED) is 0.0120. The molecule has 0 bridgehead atoms. The molecule has 3 aromatic carbocycles. The Morgan fingerprint density at radius 1 is 0.310 bits per heavy atom. The van der Waals surface area contributed by atoms with Crippen LogP contribution in [-0.2, 0) is 28.6 Å². The largest absolute Gasteiger partial charge is 0.462 e. The Balaban J connectivity index is 0.867. The zero-order chi connectivity index (χ0) is 70.1. The lowest BCUT2D eigenvalue weighted by molar-refractivity contribution is -0.139. The third-order valence-electron chi connectivity index (χ3n) is 16.3. The van der Waals surface area contributed by atoms with Gasteiger partial charge in [-0.05, 0) is 182 Å². The summed E-state index contributed by atoms with van der Waals surface area (Å²) in [5.74, 6) is -1.73. The minimum absolute atomic E-state index is 0.00591. The monoisotopic (exact) mass is 1440 g/mol. The molecule has 9 aromatic rings. The van der Waals surface area contributed by atoms with Crippen molar-refractivity contribution in [1.29, 1.82) is 15.8 Å². The van der Waals surface area contributed by atoms with E-state index in [1.807, 2.05) is 54.6 Å². The Labute approximate surface area is 614 Å². The van der Waals surface area contributed by atoms with Crippen LogP contribution in [0.25, 0.3) is 83.9 Å². The first kappa shape index (κ1) is 75.2. The first-order chi connectivity index (χ1) is 49.0. The van der Waals surface area contributed by atoms with Crippen molar-refractivity contribution in [3.63, 3.8) is 0 Å². The van der Waals surface area contributed by atoms with Crippen LogP contribution in [0.1, 0.15) is 182 Å². The molecule has 512 valence electrons. The second-order valence-corrected chi connectivity index (χ2v) is 30.7. The average Bonchev–Trinajstić information content (AvgIpc) is 1.14. The molecule has 100 heavy (non-hydrogen) atoms. The van der Waals surface area contributed by atoms with Gasteiger partial charge in [-0.1, -0.05) is 172 Å². The zero-order valence-corrected chi connectivity index (χ0v) is 62.0. The number of ether oxygens (including phenoxy) is 3. The molecule has 0 saturated carbocycles. The Morgan fingerprint density at radius 2 is 0.540 bits per heavy atom. The number of carbonyl (C=O) groups is 3. The highest BCUT2D eigenvalue weighted by molar-refractivity contribution is 7.24. The highest BCUT2D eigenvalue weighted by Gasteiger charge is 2.18. The van der Waals surface area contributed by atoms with Crippen molar-refractivity contribution in [2.45, 2.75) is 136 Å². The van der Waals surface area contributed by atoms with Crippen molar-refractivity contribution in [2.75, 3.05) is 24.7 Å². The van der Waals surface area contributed by atoms with E-state index in [0.29, 0.717) is 19.8 Å². The fraction of sp³-hybridized carbons (Fsp3) is 0.286. The SMILES string of the molecule is CCCCCCCCOC(=O)/C(C#N)=C\c1ccc(-c2ccc(/C=C/c3ccc(N(c4ccc(/C=C/c5ccc(-c6ccc(/C=C(\C#N)C(=O)OCCCCCCCC)s6)s5)cc4)c4ccc(/C=C/c5ccc(-c6ccc(/C=C(\C#N)C(=O)OCCCCCCCC)s6)s5)cc4)cc3)s2)s1. The fourth-order valence-electron chi connectivity index (χ4n) is 10.8. The predicted octanol–water partition coefficient (Wildman–Crippen LogP) is 25.5. The van der Waals surface area contributed by atoms with E-state index in [1.165, 1.54) is 91.8 Å². The number of thiophene rings is 6. The lowest BCUT2D eigenvalue weighted by atomic mass is 10.1. The molecule has 0 atom stereocenters. The Morgan fingerprint density at radius 3 is 0.790 bits per heavy atom. The van der Waals surface area contributed by atoms with Gasteiger partial charge in [0.2, 0.25) is 0 Å². The van der Waals surface area contributed by atoms with Gasteiger partial charge in [-0.3, -0.25) is 0 Å². The van der Waals surface area contributed by atoms with Gasteiger partial charge in [0.1, 0.15) is 34.9 Å². The topological polar surface area (TPSA) is 154 Å². The van der Waals surface area contributed by atoms with Gasteiger partial charge < -0.3 is 19.1 Å². The van der Waals surface area contributed by atoms with Crippen molar-refractivity contribution in [3.05, 3.63) is 208 Å². The standard InChI is InChI=1S/C84H84N4O6S6/c1-4-7-10-13-16-19-52-92-82(89)64(58-85)55-73-43-49-79(98-73)76-46-40-70(95-76)37-28-61-22-31-67(32-23-61)88(68-33-24-62(25-34-68)29-38-71-41-47-77(96-71)80-50-44-74(99-80)56-65(59-86)83(90)93-53-20-17-14-11-8-5-2)69-35-26-63(27-36-69)30-39-72-42-48-78(97-72)81-51-45-75(100-81)57-66(60-87)84(91)94-54-21-18-15-12-9-6-3/h22-51,55-57H,4-21,52-54H2,1-3H3/b37-28+,38-29+,39-30+,64-55-,65-56+,66-57+. The van der Waals surface area contributed by atoms with Crippen LogP contribution in [0.4, 0.5) is 17.1 Å². The summed E-state index contributed by atoms with van der Waals surface area (Å²) in [6, 6.07) is 56.3. The molecular formula is C84H84N4O6S6. The van der Waals surface area contributed by atoms with Gasteiger partial charge in [0.25, 0.3) is 0 Å².